The van der Waals surface area contributed by atoms with Gasteiger partial charge in [-0.25, -0.2) is 9.80 Å². The third-order valence-corrected chi connectivity index (χ3v) is 5.80. The van der Waals surface area contributed by atoms with Crippen LogP contribution in [0.15, 0.2) is 101 Å². The Morgan fingerprint density at radius 3 is 2.50 bits per heavy atom. The Kier molecular flexibility index (Phi) is 5.74. The minimum absolute atomic E-state index is 0.156. The smallest absolute Gasteiger partial charge is 0.344 e. The minimum Gasteiger partial charge on any atom is -0.452 e. The fraction of sp³-hybridized carbons (Fsp3) is 0.111. The van der Waals surface area contributed by atoms with Gasteiger partial charge in [0.05, 0.1) is 11.8 Å². The minimum atomic E-state index is -0.857. The molecule has 1 N–H and O–H groups in total. The molecule has 7 heteroatoms. The van der Waals surface area contributed by atoms with Crippen LogP contribution in [-0.4, -0.2) is 34.2 Å². The quantitative estimate of drug-likeness (QED) is 0.463. The van der Waals surface area contributed by atoms with Crippen LogP contribution < -0.4 is 5.56 Å². The summed E-state index contributed by atoms with van der Waals surface area (Å²) in [4.78, 5) is 39.6. The number of nitrogens with zero attached hydrogens (tertiary/aromatic N) is 2. The van der Waals surface area contributed by atoms with E-state index in [2.05, 4.69) is 16.2 Å². The van der Waals surface area contributed by atoms with Crippen molar-refractivity contribution in [3.8, 4) is 0 Å². The van der Waals surface area contributed by atoms with E-state index in [0.717, 1.165) is 27.6 Å². The number of benzene rings is 3. The molecule has 2 heterocycles. The van der Waals surface area contributed by atoms with E-state index >= 15 is 0 Å². The average molecular weight is 451 g/mol. The number of aromatic nitrogens is 1. The van der Waals surface area contributed by atoms with Crippen LogP contribution in [0.3, 0.4) is 0 Å². The van der Waals surface area contributed by atoms with Crippen molar-refractivity contribution in [2.24, 2.45) is 5.10 Å². The zero-order chi connectivity index (χ0) is 23.5. The van der Waals surface area contributed by atoms with Crippen LogP contribution in [-0.2, 0) is 9.53 Å². The van der Waals surface area contributed by atoms with Crippen molar-refractivity contribution in [1.29, 1.82) is 0 Å². The lowest BCUT2D eigenvalue weighted by atomic mass is 9.97. The predicted molar refractivity (Wildman–Crippen MR) is 128 cm³/mol. The number of nitrogens with one attached hydrogen (secondary N) is 1. The van der Waals surface area contributed by atoms with Crippen LogP contribution in [0.25, 0.3) is 10.8 Å². The van der Waals surface area contributed by atoms with E-state index in [-0.39, 0.29) is 11.6 Å². The van der Waals surface area contributed by atoms with Crippen molar-refractivity contribution >= 4 is 28.4 Å². The van der Waals surface area contributed by atoms with E-state index in [1.165, 1.54) is 23.3 Å². The molecule has 1 aromatic heterocycles. The molecule has 4 aromatic rings. The van der Waals surface area contributed by atoms with E-state index in [1.807, 2.05) is 66.7 Å². The van der Waals surface area contributed by atoms with Gasteiger partial charge in [0.2, 0.25) is 0 Å². The Hall–Kier alpha value is -4.52. The molecule has 5 rings (SSSR count). The number of hydrogen-bond acceptors (Lipinski definition) is 5. The monoisotopic (exact) mass is 451 g/mol. The SMILES string of the molecule is O=C(OCC(=O)N1N=C(c2ccc3ccccc3c2)CC1c1ccccc1)c1ccc[nH]c1=O. The van der Waals surface area contributed by atoms with Gasteiger partial charge in [-0.15, -0.1) is 0 Å². The molecule has 1 aliphatic rings. The summed E-state index contributed by atoms with van der Waals surface area (Å²) in [6, 6.07) is 26.3. The van der Waals surface area contributed by atoms with Crippen molar-refractivity contribution in [3.05, 3.63) is 118 Å². The van der Waals surface area contributed by atoms with E-state index in [0.29, 0.717) is 6.42 Å². The fourth-order valence-corrected chi connectivity index (χ4v) is 4.07. The standard InChI is InChI=1S/C27H21N3O4/c31-25(17-34-27(33)22-11-6-14-28-26(22)32)30-24(19-8-2-1-3-9-19)16-23(29-30)21-13-12-18-7-4-5-10-20(18)15-21/h1-15,24H,16-17H2,(H,28,32). The van der Waals surface area contributed by atoms with Gasteiger partial charge < -0.3 is 9.72 Å². The van der Waals surface area contributed by atoms with Crippen molar-refractivity contribution in [2.75, 3.05) is 6.61 Å². The van der Waals surface area contributed by atoms with Crippen molar-refractivity contribution < 1.29 is 14.3 Å². The van der Waals surface area contributed by atoms with E-state index in [1.54, 1.807) is 0 Å². The van der Waals surface area contributed by atoms with Gasteiger partial charge in [0.1, 0.15) is 5.56 Å². The Morgan fingerprint density at radius 1 is 0.941 bits per heavy atom. The molecule has 34 heavy (non-hydrogen) atoms. The lowest BCUT2D eigenvalue weighted by Gasteiger charge is -2.21. The highest BCUT2D eigenvalue weighted by molar-refractivity contribution is 6.05. The van der Waals surface area contributed by atoms with Gasteiger partial charge in [-0.05, 0) is 40.1 Å². The molecule has 1 unspecified atom stereocenters. The zero-order valence-corrected chi connectivity index (χ0v) is 18.2. The lowest BCUT2D eigenvalue weighted by molar-refractivity contribution is -0.136. The maximum Gasteiger partial charge on any atom is 0.344 e. The van der Waals surface area contributed by atoms with E-state index < -0.39 is 24.0 Å². The highest BCUT2D eigenvalue weighted by Crippen LogP contribution is 2.33. The summed E-state index contributed by atoms with van der Waals surface area (Å²) in [5, 5.41) is 8.22. The summed E-state index contributed by atoms with van der Waals surface area (Å²) in [6.45, 7) is -0.523. The number of rotatable bonds is 5. The van der Waals surface area contributed by atoms with Gasteiger partial charge in [-0.1, -0.05) is 66.7 Å². The van der Waals surface area contributed by atoms with Crippen LogP contribution in [0.2, 0.25) is 0 Å². The Balaban J connectivity index is 1.41. The van der Waals surface area contributed by atoms with Crippen LogP contribution in [0.1, 0.15) is 33.9 Å². The molecular formula is C27H21N3O4. The van der Waals surface area contributed by atoms with Crippen molar-refractivity contribution in [2.45, 2.75) is 12.5 Å². The molecule has 0 spiro atoms. The van der Waals surface area contributed by atoms with Crippen molar-refractivity contribution in [1.82, 2.24) is 9.99 Å². The summed E-state index contributed by atoms with van der Waals surface area (Å²) in [5.41, 5.74) is 1.92. The highest BCUT2D eigenvalue weighted by Gasteiger charge is 2.33. The fourth-order valence-electron chi connectivity index (χ4n) is 4.07. The van der Waals surface area contributed by atoms with Crippen molar-refractivity contribution in [3.63, 3.8) is 0 Å². The molecule has 1 atom stereocenters. The van der Waals surface area contributed by atoms with Gasteiger partial charge in [0.25, 0.3) is 11.5 Å². The van der Waals surface area contributed by atoms with Gasteiger partial charge in [-0.2, -0.15) is 5.10 Å². The molecule has 168 valence electrons. The average Bonchev–Trinajstić information content (AvgIpc) is 3.33. The topological polar surface area (TPSA) is 91.8 Å². The molecular weight excluding hydrogens is 430 g/mol. The van der Waals surface area contributed by atoms with Crippen LogP contribution in [0, 0.1) is 0 Å². The molecule has 7 nitrogen and oxygen atoms in total. The van der Waals surface area contributed by atoms with E-state index in [4.69, 9.17) is 4.74 Å². The van der Waals surface area contributed by atoms with Crippen LogP contribution in [0.5, 0.6) is 0 Å². The number of pyridine rings is 1. The lowest BCUT2D eigenvalue weighted by Crippen LogP contribution is -2.32. The summed E-state index contributed by atoms with van der Waals surface area (Å²) < 4.78 is 5.15. The molecule has 0 saturated heterocycles. The number of carbonyl (C=O) groups excluding carboxylic acids is 2. The second-order valence-corrected chi connectivity index (χ2v) is 7.97. The largest absolute Gasteiger partial charge is 0.452 e. The van der Waals surface area contributed by atoms with Crippen LogP contribution in [0.4, 0.5) is 0 Å². The first-order valence-electron chi connectivity index (χ1n) is 10.9. The summed E-state index contributed by atoms with van der Waals surface area (Å²) >= 11 is 0. The molecule has 3 aromatic carbocycles. The molecule has 0 radical (unpaired) electrons. The number of hydrazone groups is 1. The summed E-state index contributed by atoms with van der Waals surface area (Å²) in [5.74, 6) is -1.32. The number of amides is 1. The second-order valence-electron chi connectivity index (χ2n) is 7.97. The molecule has 0 aliphatic carbocycles. The van der Waals surface area contributed by atoms with E-state index in [9.17, 15) is 14.4 Å². The third-order valence-electron chi connectivity index (χ3n) is 5.80. The van der Waals surface area contributed by atoms with Crippen LogP contribution >= 0.6 is 0 Å². The highest BCUT2D eigenvalue weighted by atomic mass is 16.5. The second kappa shape index (κ2) is 9.15. The van der Waals surface area contributed by atoms with Gasteiger partial charge in [0.15, 0.2) is 6.61 Å². The number of hydrogen-bond donors (Lipinski definition) is 1. The number of fused-ring (bicyclic) bond motifs is 1. The predicted octanol–water partition coefficient (Wildman–Crippen LogP) is 4.06. The first-order valence-corrected chi connectivity index (χ1v) is 10.9. The first-order chi connectivity index (χ1) is 16.6. The number of ether oxygens (including phenoxy) is 1. The van der Waals surface area contributed by atoms with Gasteiger partial charge in [-0.3, -0.25) is 9.59 Å². The Morgan fingerprint density at radius 2 is 1.71 bits per heavy atom. The Bertz CT molecular complexity index is 1460. The van der Waals surface area contributed by atoms with Gasteiger partial charge >= 0.3 is 5.97 Å². The zero-order valence-electron chi connectivity index (χ0n) is 18.2. The first kappa shape index (κ1) is 21.3. The molecule has 1 amide bonds. The number of carbonyl (C=O) groups is 2. The summed E-state index contributed by atoms with van der Waals surface area (Å²) in [6.07, 6.45) is 1.95. The molecule has 1 aliphatic heterocycles. The summed E-state index contributed by atoms with van der Waals surface area (Å²) in [7, 11) is 0. The maximum absolute atomic E-state index is 13.1. The number of esters is 1. The van der Waals surface area contributed by atoms with Gasteiger partial charge in [0, 0.05) is 12.6 Å². The molecule has 0 fully saturated rings. The Labute approximate surface area is 195 Å². The third kappa shape index (κ3) is 4.23. The number of aromatic amines is 1. The molecule has 0 bridgehead atoms. The normalized spacial score (nSPS) is 15.2. The number of H-pyrrole nitrogens is 1. The maximum atomic E-state index is 13.1. The molecule has 0 saturated carbocycles.